The van der Waals surface area contributed by atoms with Crippen LogP contribution >= 0.6 is 11.3 Å². The van der Waals surface area contributed by atoms with Crippen molar-refractivity contribution in [2.24, 2.45) is 0 Å². The zero-order valence-corrected chi connectivity index (χ0v) is 11.6. The molecule has 1 N–H and O–H groups in total. The predicted octanol–water partition coefficient (Wildman–Crippen LogP) is 2.13. The predicted molar refractivity (Wildman–Crippen MR) is 71.4 cm³/mol. The summed E-state index contributed by atoms with van der Waals surface area (Å²) in [4.78, 5) is 12.0. The molecule has 6 nitrogen and oxygen atoms in total. The second kappa shape index (κ2) is 5.94. The highest BCUT2D eigenvalue weighted by molar-refractivity contribution is 7.13. The summed E-state index contributed by atoms with van der Waals surface area (Å²) in [5.74, 6) is -1.07. The molecule has 0 bridgehead atoms. The van der Waals surface area contributed by atoms with E-state index in [2.05, 4.69) is 10.3 Å². The Labute approximate surface area is 114 Å². The maximum atomic E-state index is 11.2. The molecule has 19 heavy (non-hydrogen) atoms. The van der Waals surface area contributed by atoms with Gasteiger partial charge in [0.25, 0.3) is 0 Å². The standard InChI is InChI=1S/C12H15N3O3S/c1-8(2)18-6-5-15-11(9-4-3-7-19-9)10(12(16)17)13-14-15/h3-4,7-8H,5-6H2,1-2H3,(H,16,17). The summed E-state index contributed by atoms with van der Waals surface area (Å²) in [5, 5.41) is 18.7. The van der Waals surface area contributed by atoms with Crippen molar-refractivity contribution in [3.63, 3.8) is 0 Å². The van der Waals surface area contributed by atoms with Gasteiger partial charge in [0.1, 0.15) is 5.69 Å². The Balaban J connectivity index is 2.26. The minimum absolute atomic E-state index is 0.0213. The molecule has 0 saturated carbocycles. The van der Waals surface area contributed by atoms with E-state index in [0.717, 1.165) is 4.88 Å². The molecule has 0 atom stereocenters. The van der Waals surface area contributed by atoms with Crippen molar-refractivity contribution in [3.05, 3.63) is 23.2 Å². The third-order valence-corrected chi connectivity index (χ3v) is 3.32. The Hall–Kier alpha value is -1.73. The molecule has 0 radical (unpaired) electrons. The van der Waals surface area contributed by atoms with Crippen LogP contribution < -0.4 is 0 Å². The number of aromatic nitrogens is 3. The van der Waals surface area contributed by atoms with Crippen molar-refractivity contribution in [2.45, 2.75) is 26.5 Å². The van der Waals surface area contributed by atoms with Gasteiger partial charge in [0.15, 0.2) is 5.69 Å². The van der Waals surface area contributed by atoms with Crippen LogP contribution in [0.5, 0.6) is 0 Å². The van der Waals surface area contributed by atoms with Gasteiger partial charge >= 0.3 is 5.97 Å². The second-order valence-corrected chi connectivity index (χ2v) is 5.16. The highest BCUT2D eigenvalue weighted by Gasteiger charge is 2.21. The average molecular weight is 281 g/mol. The van der Waals surface area contributed by atoms with Crippen molar-refractivity contribution >= 4 is 17.3 Å². The number of thiophene rings is 1. The number of carboxylic acid groups (broad SMARTS) is 1. The minimum atomic E-state index is -1.07. The molecular weight excluding hydrogens is 266 g/mol. The molecule has 2 heterocycles. The average Bonchev–Trinajstić information content (AvgIpc) is 2.94. The lowest BCUT2D eigenvalue weighted by molar-refractivity contribution is 0.0687. The van der Waals surface area contributed by atoms with Crippen LogP contribution in [-0.2, 0) is 11.3 Å². The largest absolute Gasteiger partial charge is 0.476 e. The highest BCUT2D eigenvalue weighted by atomic mass is 32.1. The summed E-state index contributed by atoms with van der Waals surface area (Å²) in [7, 11) is 0. The Morgan fingerprint density at radius 2 is 2.37 bits per heavy atom. The molecule has 0 unspecified atom stereocenters. The van der Waals surface area contributed by atoms with Crippen LogP contribution in [0.15, 0.2) is 17.5 Å². The van der Waals surface area contributed by atoms with Gasteiger partial charge in [-0.1, -0.05) is 11.3 Å². The van der Waals surface area contributed by atoms with E-state index >= 15 is 0 Å². The summed E-state index contributed by atoms with van der Waals surface area (Å²) in [6.45, 7) is 4.85. The van der Waals surface area contributed by atoms with Crippen molar-refractivity contribution in [1.29, 1.82) is 0 Å². The molecule has 0 aromatic carbocycles. The number of carboxylic acids is 1. The monoisotopic (exact) mass is 281 g/mol. The molecule has 0 saturated heterocycles. The van der Waals surface area contributed by atoms with Gasteiger partial charge in [0.05, 0.1) is 24.1 Å². The third kappa shape index (κ3) is 3.18. The molecule has 0 aliphatic rings. The maximum Gasteiger partial charge on any atom is 0.358 e. The highest BCUT2D eigenvalue weighted by Crippen LogP contribution is 2.26. The quantitative estimate of drug-likeness (QED) is 0.877. The summed E-state index contributed by atoms with van der Waals surface area (Å²) < 4.78 is 7.04. The fourth-order valence-corrected chi connectivity index (χ4v) is 2.42. The molecule has 2 rings (SSSR count). The van der Waals surface area contributed by atoms with Gasteiger partial charge in [0.2, 0.25) is 0 Å². The van der Waals surface area contributed by atoms with Crippen LogP contribution in [0.2, 0.25) is 0 Å². The molecule has 0 amide bonds. The van der Waals surface area contributed by atoms with Crippen molar-refractivity contribution in [3.8, 4) is 10.6 Å². The van der Waals surface area contributed by atoms with Crippen LogP contribution in [0.25, 0.3) is 10.6 Å². The summed E-state index contributed by atoms with van der Waals surface area (Å²) in [5.41, 5.74) is 0.516. The lowest BCUT2D eigenvalue weighted by atomic mass is 10.2. The van der Waals surface area contributed by atoms with Crippen molar-refractivity contribution in [2.75, 3.05) is 6.61 Å². The van der Waals surface area contributed by atoms with E-state index in [0.29, 0.717) is 18.8 Å². The van der Waals surface area contributed by atoms with E-state index in [1.165, 1.54) is 11.3 Å². The number of hydrogen-bond acceptors (Lipinski definition) is 5. The molecule has 2 aromatic heterocycles. The van der Waals surface area contributed by atoms with E-state index < -0.39 is 5.97 Å². The number of rotatable bonds is 6. The first-order valence-corrected chi connectivity index (χ1v) is 6.80. The van der Waals surface area contributed by atoms with E-state index in [9.17, 15) is 4.79 Å². The van der Waals surface area contributed by atoms with Crippen LogP contribution in [0.3, 0.4) is 0 Å². The normalized spacial score (nSPS) is 11.1. The van der Waals surface area contributed by atoms with Crippen molar-refractivity contribution in [1.82, 2.24) is 15.0 Å². The second-order valence-electron chi connectivity index (χ2n) is 4.21. The van der Waals surface area contributed by atoms with Gasteiger partial charge in [0, 0.05) is 0 Å². The van der Waals surface area contributed by atoms with Gasteiger partial charge in [-0.3, -0.25) is 0 Å². The summed E-state index contributed by atoms with van der Waals surface area (Å²) >= 11 is 1.46. The molecule has 2 aromatic rings. The van der Waals surface area contributed by atoms with Gasteiger partial charge in [-0.05, 0) is 25.3 Å². The number of ether oxygens (including phenoxy) is 1. The number of nitrogens with zero attached hydrogens (tertiary/aromatic N) is 3. The third-order valence-electron chi connectivity index (χ3n) is 2.45. The lowest BCUT2D eigenvalue weighted by Crippen LogP contribution is -2.12. The first kappa shape index (κ1) is 13.7. The molecule has 0 aliphatic carbocycles. The van der Waals surface area contributed by atoms with Crippen LogP contribution in [0, 0.1) is 0 Å². The number of carbonyl (C=O) groups is 1. The fraction of sp³-hybridized carbons (Fsp3) is 0.417. The van der Waals surface area contributed by atoms with E-state index in [-0.39, 0.29) is 11.8 Å². The molecule has 102 valence electrons. The fourth-order valence-electron chi connectivity index (χ4n) is 1.65. The van der Waals surface area contributed by atoms with Gasteiger partial charge in [-0.2, -0.15) is 0 Å². The van der Waals surface area contributed by atoms with E-state index in [4.69, 9.17) is 9.84 Å². The number of hydrogen-bond donors (Lipinski definition) is 1. The molecule has 0 fully saturated rings. The zero-order valence-electron chi connectivity index (χ0n) is 10.7. The van der Waals surface area contributed by atoms with Gasteiger partial charge in [-0.15, -0.1) is 16.4 Å². The van der Waals surface area contributed by atoms with Crippen LogP contribution in [0.1, 0.15) is 24.3 Å². The van der Waals surface area contributed by atoms with Gasteiger partial charge < -0.3 is 9.84 Å². The van der Waals surface area contributed by atoms with Crippen molar-refractivity contribution < 1.29 is 14.6 Å². The Morgan fingerprint density at radius 1 is 1.58 bits per heavy atom. The van der Waals surface area contributed by atoms with E-state index in [1.807, 2.05) is 31.4 Å². The first-order chi connectivity index (χ1) is 9.09. The Morgan fingerprint density at radius 3 is 2.95 bits per heavy atom. The molecule has 0 aliphatic heterocycles. The van der Waals surface area contributed by atoms with Crippen LogP contribution in [0.4, 0.5) is 0 Å². The Kier molecular flexibility index (Phi) is 4.28. The number of aromatic carboxylic acids is 1. The Bertz CT molecular complexity index is 549. The molecule has 7 heteroatoms. The minimum Gasteiger partial charge on any atom is -0.476 e. The smallest absolute Gasteiger partial charge is 0.358 e. The molecule has 0 spiro atoms. The zero-order chi connectivity index (χ0) is 13.8. The maximum absolute atomic E-state index is 11.2. The van der Waals surface area contributed by atoms with E-state index in [1.54, 1.807) is 4.68 Å². The summed E-state index contributed by atoms with van der Waals surface area (Å²) in [6.07, 6.45) is 0.132. The first-order valence-electron chi connectivity index (χ1n) is 5.92. The summed E-state index contributed by atoms with van der Waals surface area (Å²) in [6, 6.07) is 3.73. The lowest BCUT2D eigenvalue weighted by Gasteiger charge is -2.08. The SMILES string of the molecule is CC(C)OCCn1nnc(C(=O)O)c1-c1cccs1. The van der Waals surface area contributed by atoms with Gasteiger partial charge in [-0.25, -0.2) is 9.48 Å². The molecular formula is C12H15N3O3S. The van der Waals surface area contributed by atoms with Crippen LogP contribution in [-0.4, -0.2) is 38.8 Å². The topological polar surface area (TPSA) is 77.2 Å².